The fourth-order valence-corrected chi connectivity index (χ4v) is 3.17. The molecule has 1 saturated carbocycles. The van der Waals surface area contributed by atoms with Gasteiger partial charge in [-0.1, -0.05) is 38.0 Å². The van der Waals surface area contributed by atoms with E-state index in [0.717, 1.165) is 12.5 Å². The van der Waals surface area contributed by atoms with E-state index in [0.29, 0.717) is 6.04 Å². The summed E-state index contributed by atoms with van der Waals surface area (Å²) in [6.45, 7) is 3.29. The van der Waals surface area contributed by atoms with Gasteiger partial charge >= 0.3 is 0 Å². The highest BCUT2D eigenvalue weighted by Crippen LogP contribution is 2.24. The Labute approximate surface area is 121 Å². The Morgan fingerprint density at radius 2 is 2.15 bits per heavy atom. The van der Waals surface area contributed by atoms with E-state index in [-0.39, 0.29) is 0 Å². The number of rotatable bonds is 4. The number of hydrogen-bond acceptors (Lipinski definition) is 2. The van der Waals surface area contributed by atoms with E-state index in [1.54, 1.807) is 0 Å². The van der Waals surface area contributed by atoms with Crippen molar-refractivity contribution in [1.29, 1.82) is 0 Å². The average molecular weight is 269 g/mol. The number of aromatic nitrogens is 2. The molecule has 0 saturated heterocycles. The summed E-state index contributed by atoms with van der Waals surface area (Å²) in [7, 11) is 0. The molecule has 1 heterocycles. The third-order valence-electron chi connectivity index (χ3n) is 4.26. The molecule has 0 amide bonds. The maximum Gasteiger partial charge on any atom is 0.0690 e. The normalized spacial score (nSPS) is 22.9. The van der Waals surface area contributed by atoms with Crippen molar-refractivity contribution >= 4 is 0 Å². The second-order valence-electron chi connectivity index (χ2n) is 5.93. The minimum Gasteiger partial charge on any atom is -0.310 e. The lowest BCUT2D eigenvalue weighted by atomic mass is 9.87. The van der Waals surface area contributed by atoms with Crippen LogP contribution in [0, 0.1) is 5.92 Å². The van der Waals surface area contributed by atoms with E-state index in [4.69, 9.17) is 0 Å². The smallest absolute Gasteiger partial charge is 0.0690 e. The fraction of sp³-hybridized carbons (Fsp3) is 0.471. The van der Waals surface area contributed by atoms with Crippen molar-refractivity contribution in [2.75, 3.05) is 0 Å². The molecule has 106 valence electrons. The molecule has 1 aromatic heterocycles. The van der Waals surface area contributed by atoms with Crippen LogP contribution in [0.4, 0.5) is 0 Å². The first-order valence-electron chi connectivity index (χ1n) is 7.64. The van der Waals surface area contributed by atoms with E-state index >= 15 is 0 Å². The van der Waals surface area contributed by atoms with Gasteiger partial charge in [0.25, 0.3) is 0 Å². The summed E-state index contributed by atoms with van der Waals surface area (Å²) in [5.41, 5.74) is 2.49. The quantitative estimate of drug-likeness (QED) is 0.920. The van der Waals surface area contributed by atoms with Gasteiger partial charge in [0, 0.05) is 25.0 Å². The molecule has 0 aliphatic heterocycles. The van der Waals surface area contributed by atoms with Crippen LogP contribution in [-0.2, 0) is 6.54 Å². The summed E-state index contributed by atoms with van der Waals surface area (Å²) in [5, 5.41) is 8.07. The van der Waals surface area contributed by atoms with Gasteiger partial charge in [0.05, 0.1) is 5.69 Å². The molecule has 1 fully saturated rings. The second kappa shape index (κ2) is 6.23. The van der Waals surface area contributed by atoms with Crippen molar-refractivity contribution in [3.63, 3.8) is 0 Å². The van der Waals surface area contributed by atoms with Crippen LogP contribution in [0.5, 0.6) is 0 Å². The monoisotopic (exact) mass is 269 g/mol. The van der Waals surface area contributed by atoms with Crippen LogP contribution < -0.4 is 5.32 Å². The first-order valence-corrected chi connectivity index (χ1v) is 7.64. The Morgan fingerprint density at radius 3 is 2.95 bits per heavy atom. The Kier molecular flexibility index (Phi) is 4.16. The molecular weight excluding hydrogens is 246 g/mol. The first kappa shape index (κ1) is 13.4. The molecule has 0 bridgehead atoms. The molecule has 1 aliphatic rings. The van der Waals surface area contributed by atoms with Crippen molar-refractivity contribution < 1.29 is 0 Å². The minimum atomic E-state index is 0.671. The zero-order valence-corrected chi connectivity index (χ0v) is 12.1. The van der Waals surface area contributed by atoms with Crippen molar-refractivity contribution in [3.05, 3.63) is 48.3 Å². The predicted octanol–water partition coefficient (Wildman–Crippen LogP) is 3.54. The lowest BCUT2D eigenvalue weighted by Crippen LogP contribution is -2.33. The van der Waals surface area contributed by atoms with Crippen molar-refractivity contribution in [2.24, 2.45) is 5.92 Å². The largest absolute Gasteiger partial charge is 0.310 e. The van der Waals surface area contributed by atoms with E-state index in [1.165, 1.54) is 36.9 Å². The molecule has 3 nitrogen and oxygen atoms in total. The summed E-state index contributed by atoms with van der Waals surface area (Å²) >= 11 is 0. The highest BCUT2D eigenvalue weighted by molar-refractivity contribution is 5.40. The van der Waals surface area contributed by atoms with Gasteiger partial charge in [-0.05, 0) is 36.5 Å². The van der Waals surface area contributed by atoms with Gasteiger partial charge in [-0.25, -0.2) is 4.68 Å². The van der Waals surface area contributed by atoms with Crippen molar-refractivity contribution in [3.8, 4) is 5.69 Å². The summed E-state index contributed by atoms with van der Waals surface area (Å²) in [6, 6.07) is 11.1. The van der Waals surface area contributed by atoms with Crippen LogP contribution in [0.2, 0.25) is 0 Å². The Bertz CT molecular complexity index is 533. The van der Waals surface area contributed by atoms with Crippen LogP contribution in [0.15, 0.2) is 42.7 Å². The lowest BCUT2D eigenvalue weighted by Gasteiger charge is -2.28. The average Bonchev–Trinajstić information content (AvgIpc) is 3.00. The van der Waals surface area contributed by atoms with Crippen LogP contribution in [-0.4, -0.2) is 15.8 Å². The van der Waals surface area contributed by atoms with Crippen LogP contribution in [0.1, 0.15) is 38.2 Å². The molecule has 0 spiro atoms. The Balaban J connectivity index is 1.68. The van der Waals surface area contributed by atoms with Crippen molar-refractivity contribution in [1.82, 2.24) is 15.1 Å². The topological polar surface area (TPSA) is 29.9 Å². The zero-order chi connectivity index (χ0) is 13.8. The fourth-order valence-electron chi connectivity index (χ4n) is 3.17. The maximum absolute atomic E-state index is 4.34. The zero-order valence-electron chi connectivity index (χ0n) is 12.1. The van der Waals surface area contributed by atoms with Gasteiger partial charge in [0.15, 0.2) is 0 Å². The third-order valence-corrected chi connectivity index (χ3v) is 4.26. The van der Waals surface area contributed by atoms with Gasteiger partial charge < -0.3 is 5.32 Å². The molecule has 2 unspecified atom stereocenters. The van der Waals surface area contributed by atoms with E-state index in [9.17, 15) is 0 Å². The van der Waals surface area contributed by atoms with Crippen LogP contribution >= 0.6 is 0 Å². The second-order valence-corrected chi connectivity index (χ2v) is 5.93. The number of nitrogens with zero attached hydrogens (tertiary/aromatic N) is 2. The van der Waals surface area contributed by atoms with Gasteiger partial charge in [-0.3, -0.25) is 0 Å². The van der Waals surface area contributed by atoms with Crippen LogP contribution in [0.25, 0.3) is 5.69 Å². The highest BCUT2D eigenvalue weighted by Gasteiger charge is 2.18. The molecular formula is C17H23N3. The summed E-state index contributed by atoms with van der Waals surface area (Å²) in [5.74, 6) is 0.864. The Hall–Kier alpha value is -1.61. The van der Waals surface area contributed by atoms with E-state index < -0.39 is 0 Å². The van der Waals surface area contributed by atoms with Gasteiger partial charge in [-0.15, -0.1) is 0 Å². The van der Waals surface area contributed by atoms with E-state index in [2.05, 4.69) is 41.6 Å². The number of nitrogens with one attached hydrogen (secondary N) is 1. The molecule has 1 aliphatic carbocycles. The van der Waals surface area contributed by atoms with Crippen molar-refractivity contribution in [2.45, 2.75) is 45.2 Å². The summed E-state index contributed by atoms with van der Waals surface area (Å²) in [4.78, 5) is 0. The standard InChI is InChI=1S/C17H23N3/c1-14-6-4-8-16(12-14)18-13-15-7-2-3-9-17(15)20-11-5-10-19-20/h2-3,5,7,9-11,14,16,18H,4,6,8,12-13H2,1H3. The summed E-state index contributed by atoms with van der Waals surface area (Å²) in [6.07, 6.45) is 9.20. The number of para-hydroxylation sites is 1. The number of hydrogen-bond donors (Lipinski definition) is 1. The molecule has 1 N–H and O–H groups in total. The lowest BCUT2D eigenvalue weighted by molar-refractivity contribution is 0.300. The third kappa shape index (κ3) is 3.10. The van der Waals surface area contributed by atoms with Gasteiger partial charge in [0.1, 0.15) is 0 Å². The molecule has 0 radical (unpaired) electrons. The summed E-state index contributed by atoms with van der Waals surface area (Å²) < 4.78 is 1.94. The highest BCUT2D eigenvalue weighted by atomic mass is 15.3. The molecule has 1 aromatic carbocycles. The van der Waals surface area contributed by atoms with E-state index in [1.807, 2.05) is 23.1 Å². The van der Waals surface area contributed by atoms with Crippen LogP contribution in [0.3, 0.4) is 0 Å². The molecule has 2 aromatic rings. The first-order chi connectivity index (χ1) is 9.83. The Morgan fingerprint density at radius 1 is 1.25 bits per heavy atom. The predicted molar refractivity (Wildman–Crippen MR) is 81.8 cm³/mol. The molecule has 2 atom stereocenters. The minimum absolute atomic E-state index is 0.671. The molecule has 20 heavy (non-hydrogen) atoms. The maximum atomic E-state index is 4.34. The number of benzene rings is 1. The molecule has 3 heteroatoms. The van der Waals surface area contributed by atoms with Gasteiger partial charge in [0.2, 0.25) is 0 Å². The SMILES string of the molecule is CC1CCCC(NCc2ccccc2-n2cccn2)C1. The van der Waals surface area contributed by atoms with Gasteiger partial charge in [-0.2, -0.15) is 5.10 Å². The molecule has 3 rings (SSSR count).